The highest BCUT2D eigenvalue weighted by Gasteiger charge is 2.08. The number of carbonyl (C=O) groups is 1. The first-order chi connectivity index (χ1) is 6.91. The number of benzene rings is 1. The van der Waals surface area contributed by atoms with E-state index in [1.807, 2.05) is 0 Å². The van der Waals surface area contributed by atoms with E-state index in [4.69, 9.17) is 0 Å². The van der Waals surface area contributed by atoms with Crippen molar-refractivity contribution in [2.24, 2.45) is 0 Å². The number of nitrogens with zero attached hydrogens (tertiary/aromatic N) is 1. The van der Waals surface area contributed by atoms with E-state index in [0.717, 1.165) is 4.90 Å². The third-order valence-corrected chi connectivity index (χ3v) is 3.48. The second-order valence-electron chi connectivity index (χ2n) is 3.94. The average Bonchev–Trinajstić information content (AvgIpc) is 2.13. The van der Waals surface area contributed by atoms with Gasteiger partial charge >= 0.3 is 0 Å². The van der Waals surface area contributed by atoms with E-state index in [2.05, 4.69) is 32.9 Å². The molecule has 0 N–H and O–H groups in total. The summed E-state index contributed by atoms with van der Waals surface area (Å²) in [7, 11) is 3.53. The largest absolute Gasteiger partial charge is 0.339 e. The Hall–Kier alpha value is -0.960. The van der Waals surface area contributed by atoms with Crippen molar-refractivity contribution in [3.8, 4) is 0 Å². The highest BCUT2D eigenvalue weighted by Crippen LogP contribution is 2.25. The van der Waals surface area contributed by atoms with Crippen molar-refractivity contribution in [2.45, 2.75) is 25.7 Å². The number of aryl methyl sites for hydroxylation is 2. The topological polar surface area (TPSA) is 20.3 Å². The number of carbonyl (C=O) groups excluding carboxylic acids is 1. The normalized spacial score (nSPS) is 10.2. The quantitative estimate of drug-likeness (QED) is 0.680. The molecule has 0 aliphatic carbocycles. The Morgan fingerprint density at radius 2 is 1.60 bits per heavy atom. The molecule has 2 nitrogen and oxygen atoms in total. The lowest BCUT2D eigenvalue weighted by Gasteiger charge is -2.11. The molecule has 0 saturated carbocycles. The van der Waals surface area contributed by atoms with Crippen LogP contribution < -0.4 is 0 Å². The molecule has 0 aromatic heterocycles. The van der Waals surface area contributed by atoms with Crippen molar-refractivity contribution in [2.75, 3.05) is 14.1 Å². The summed E-state index contributed by atoms with van der Waals surface area (Å²) in [5.41, 5.74) is 3.78. The smallest absolute Gasteiger partial charge is 0.285 e. The van der Waals surface area contributed by atoms with Crippen LogP contribution in [0, 0.1) is 20.8 Å². The van der Waals surface area contributed by atoms with Crippen LogP contribution in [0.3, 0.4) is 0 Å². The van der Waals surface area contributed by atoms with Crippen molar-refractivity contribution in [1.82, 2.24) is 4.90 Å². The minimum atomic E-state index is 0.0673. The molecule has 3 heteroatoms. The van der Waals surface area contributed by atoms with Crippen LogP contribution in [0.15, 0.2) is 17.0 Å². The third kappa shape index (κ3) is 2.99. The molecule has 0 radical (unpaired) electrons. The number of amides is 1. The maximum Gasteiger partial charge on any atom is 0.285 e. The number of rotatable bonds is 1. The van der Waals surface area contributed by atoms with Gasteiger partial charge in [-0.2, -0.15) is 0 Å². The summed E-state index contributed by atoms with van der Waals surface area (Å²) in [6, 6.07) is 4.13. The molecular formula is C12H17NOS. The van der Waals surface area contributed by atoms with Gasteiger partial charge in [0.25, 0.3) is 5.24 Å². The average molecular weight is 223 g/mol. The van der Waals surface area contributed by atoms with Gasteiger partial charge in [0.1, 0.15) is 0 Å². The van der Waals surface area contributed by atoms with E-state index in [1.165, 1.54) is 28.5 Å². The Kier molecular flexibility index (Phi) is 3.80. The SMILES string of the molecule is Cc1cc(SC(=O)N(C)C)cc(C)c1C. The summed E-state index contributed by atoms with van der Waals surface area (Å²) in [5, 5.41) is 0.0673. The lowest BCUT2D eigenvalue weighted by atomic mass is 10.1. The molecule has 0 fully saturated rings. The lowest BCUT2D eigenvalue weighted by molar-refractivity contribution is 0.241. The van der Waals surface area contributed by atoms with Gasteiger partial charge in [0, 0.05) is 19.0 Å². The van der Waals surface area contributed by atoms with Crippen molar-refractivity contribution < 1.29 is 4.79 Å². The van der Waals surface area contributed by atoms with E-state index in [1.54, 1.807) is 19.0 Å². The molecule has 0 spiro atoms. The zero-order valence-corrected chi connectivity index (χ0v) is 10.7. The van der Waals surface area contributed by atoms with Gasteiger partial charge in [-0.25, -0.2) is 0 Å². The fraction of sp³-hybridized carbons (Fsp3) is 0.417. The standard InChI is InChI=1S/C12H17NOS/c1-8-6-11(7-9(2)10(8)3)15-12(14)13(4)5/h6-7H,1-5H3. The van der Waals surface area contributed by atoms with Crippen LogP contribution in [0.25, 0.3) is 0 Å². The molecule has 82 valence electrons. The molecule has 0 unspecified atom stereocenters. The maximum absolute atomic E-state index is 11.5. The van der Waals surface area contributed by atoms with Gasteiger partial charge in [-0.15, -0.1) is 0 Å². The first kappa shape index (κ1) is 12.1. The monoisotopic (exact) mass is 223 g/mol. The molecule has 1 amide bonds. The molecule has 0 saturated heterocycles. The van der Waals surface area contributed by atoms with Crippen molar-refractivity contribution >= 4 is 17.0 Å². The van der Waals surface area contributed by atoms with Gasteiger partial charge in [-0.3, -0.25) is 4.79 Å². The number of hydrogen-bond acceptors (Lipinski definition) is 2. The first-order valence-corrected chi connectivity index (χ1v) is 5.70. The van der Waals surface area contributed by atoms with Crippen LogP contribution in [-0.4, -0.2) is 24.2 Å². The highest BCUT2D eigenvalue weighted by atomic mass is 32.2. The van der Waals surface area contributed by atoms with E-state index in [0.29, 0.717) is 0 Å². The molecule has 15 heavy (non-hydrogen) atoms. The summed E-state index contributed by atoms with van der Waals surface area (Å²) < 4.78 is 0. The molecule has 1 aromatic carbocycles. The summed E-state index contributed by atoms with van der Waals surface area (Å²) in [5.74, 6) is 0. The first-order valence-electron chi connectivity index (χ1n) is 4.89. The Morgan fingerprint density at radius 1 is 1.13 bits per heavy atom. The number of thioether (sulfide) groups is 1. The summed E-state index contributed by atoms with van der Waals surface area (Å²) in [6.45, 7) is 6.26. The zero-order valence-electron chi connectivity index (χ0n) is 9.92. The van der Waals surface area contributed by atoms with Crippen LogP contribution in [-0.2, 0) is 0 Å². The molecule has 0 atom stereocenters. The van der Waals surface area contributed by atoms with Gasteiger partial charge in [0.2, 0.25) is 0 Å². The van der Waals surface area contributed by atoms with Gasteiger partial charge in [-0.1, -0.05) is 0 Å². The Balaban J connectivity index is 2.93. The Bertz CT molecular complexity index is 362. The minimum Gasteiger partial charge on any atom is -0.339 e. The molecule has 0 aliphatic heterocycles. The van der Waals surface area contributed by atoms with E-state index >= 15 is 0 Å². The van der Waals surface area contributed by atoms with Crippen LogP contribution in [0.4, 0.5) is 4.79 Å². The Morgan fingerprint density at radius 3 is 2.00 bits per heavy atom. The molecule has 0 aliphatic rings. The summed E-state index contributed by atoms with van der Waals surface area (Å²) in [6.07, 6.45) is 0. The van der Waals surface area contributed by atoms with Gasteiger partial charge < -0.3 is 4.90 Å². The summed E-state index contributed by atoms with van der Waals surface area (Å²) >= 11 is 1.28. The van der Waals surface area contributed by atoms with Gasteiger partial charge in [0.15, 0.2) is 0 Å². The van der Waals surface area contributed by atoms with Crippen LogP contribution in [0.5, 0.6) is 0 Å². The van der Waals surface area contributed by atoms with Crippen LogP contribution >= 0.6 is 11.8 Å². The molecule has 0 heterocycles. The van der Waals surface area contributed by atoms with Gasteiger partial charge in [0.05, 0.1) is 0 Å². The Labute approximate surface area is 95.7 Å². The predicted octanol–water partition coefficient (Wildman–Crippen LogP) is 3.39. The van der Waals surface area contributed by atoms with Crippen molar-refractivity contribution in [3.63, 3.8) is 0 Å². The molecular weight excluding hydrogens is 206 g/mol. The fourth-order valence-corrected chi connectivity index (χ4v) is 2.10. The summed E-state index contributed by atoms with van der Waals surface area (Å²) in [4.78, 5) is 14.1. The van der Waals surface area contributed by atoms with E-state index < -0.39 is 0 Å². The van der Waals surface area contributed by atoms with Crippen molar-refractivity contribution in [3.05, 3.63) is 28.8 Å². The molecule has 1 rings (SSSR count). The molecule has 0 bridgehead atoms. The highest BCUT2D eigenvalue weighted by molar-refractivity contribution is 8.13. The van der Waals surface area contributed by atoms with Crippen molar-refractivity contribution in [1.29, 1.82) is 0 Å². The van der Waals surface area contributed by atoms with Crippen LogP contribution in [0.2, 0.25) is 0 Å². The second kappa shape index (κ2) is 4.71. The minimum absolute atomic E-state index is 0.0673. The van der Waals surface area contributed by atoms with E-state index in [-0.39, 0.29) is 5.24 Å². The number of hydrogen-bond donors (Lipinski definition) is 0. The third-order valence-electron chi connectivity index (χ3n) is 2.47. The second-order valence-corrected chi connectivity index (χ2v) is 4.97. The van der Waals surface area contributed by atoms with Crippen LogP contribution in [0.1, 0.15) is 16.7 Å². The predicted molar refractivity (Wildman–Crippen MR) is 65.6 cm³/mol. The van der Waals surface area contributed by atoms with E-state index in [9.17, 15) is 4.79 Å². The fourth-order valence-electron chi connectivity index (χ4n) is 1.25. The lowest BCUT2D eigenvalue weighted by Crippen LogP contribution is -2.16. The zero-order chi connectivity index (χ0) is 11.6. The van der Waals surface area contributed by atoms with Gasteiger partial charge in [-0.05, 0) is 61.4 Å². The molecule has 1 aromatic rings. The maximum atomic E-state index is 11.5.